The Labute approximate surface area is 182 Å². The second-order valence-electron chi connectivity index (χ2n) is 6.20. The van der Waals surface area contributed by atoms with Gasteiger partial charge in [-0.05, 0) is 49.1 Å². The standard InChI is InChI=1S/C21H18Cl2F3N3O/c1-13(14-7-8-19(23)29-12-14)11-17(22)18(27-2)9-10-28-20(30)15-5-3-4-6-16(15)21(24,25)26/h3-8,11-12H,2,9-10H2,1H3,(H,28,30)/b13-11+,18-17+. The van der Waals surface area contributed by atoms with E-state index in [0.29, 0.717) is 15.9 Å². The average Bonchev–Trinajstić information content (AvgIpc) is 2.70. The van der Waals surface area contributed by atoms with Crippen LogP contribution in [0.5, 0.6) is 0 Å². The molecule has 0 aliphatic rings. The average molecular weight is 456 g/mol. The lowest BCUT2D eigenvalue weighted by Gasteiger charge is -2.13. The van der Waals surface area contributed by atoms with Gasteiger partial charge in [-0.25, -0.2) is 4.98 Å². The molecule has 0 fully saturated rings. The predicted octanol–water partition coefficient (Wildman–Crippen LogP) is 6.13. The molecule has 4 nitrogen and oxygen atoms in total. The number of carbonyl (C=O) groups excluding carboxylic acids is 1. The zero-order chi connectivity index (χ0) is 22.3. The van der Waals surface area contributed by atoms with Crippen molar-refractivity contribution in [1.82, 2.24) is 10.3 Å². The fourth-order valence-corrected chi connectivity index (χ4v) is 2.99. The first-order valence-corrected chi connectivity index (χ1v) is 9.49. The van der Waals surface area contributed by atoms with E-state index in [-0.39, 0.29) is 13.0 Å². The number of carbonyl (C=O) groups is 1. The van der Waals surface area contributed by atoms with Gasteiger partial charge in [0, 0.05) is 19.2 Å². The summed E-state index contributed by atoms with van der Waals surface area (Å²) >= 11 is 12.1. The van der Waals surface area contributed by atoms with E-state index in [4.69, 9.17) is 23.2 Å². The molecule has 0 saturated carbocycles. The van der Waals surface area contributed by atoms with Gasteiger partial charge in [0.25, 0.3) is 5.91 Å². The van der Waals surface area contributed by atoms with Gasteiger partial charge in [0.05, 0.1) is 21.9 Å². The number of nitrogens with zero attached hydrogens (tertiary/aromatic N) is 2. The number of benzene rings is 1. The van der Waals surface area contributed by atoms with Crippen molar-refractivity contribution in [3.63, 3.8) is 0 Å². The van der Waals surface area contributed by atoms with Crippen LogP contribution in [0.3, 0.4) is 0 Å². The van der Waals surface area contributed by atoms with Gasteiger partial charge < -0.3 is 5.32 Å². The normalized spacial score (nSPS) is 12.9. The number of hydrogen-bond donors (Lipinski definition) is 1. The van der Waals surface area contributed by atoms with Crippen molar-refractivity contribution < 1.29 is 18.0 Å². The van der Waals surface area contributed by atoms with Gasteiger partial charge in [-0.15, -0.1) is 0 Å². The SMILES string of the molecule is C=N/C(CCNC(=O)c1ccccc1C(F)(F)F)=C(Cl)\C=C(/C)c1ccc(Cl)nc1. The van der Waals surface area contributed by atoms with Gasteiger partial charge in [0.1, 0.15) is 5.15 Å². The molecule has 1 amide bonds. The fraction of sp³-hybridized carbons (Fsp3) is 0.190. The predicted molar refractivity (Wildman–Crippen MR) is 114 cm³/mol. The van der Waals surface area contributed by atoms with Gasteiger partial charge in [0.15, 0.2) is 0 Å². The minimum atomic E-state index is -4.62. The Morgan fingerprint density at radius 2 is 1.97 bits per heavy atom. The summed E-state index contributed by atoms with van der Waals surface area (Å²) in [5, 5.41) is 3.12. The number of allylic oxidation sites excluding steroid dienone is 3. The van der Waals surface area contributed by atoms with Gasteiger partial charge in [-0.1, -0.05) is 41.4 Å². The highest BCUT2D eigenvalue weighted by molar-refractivity contribution is 6.32. The molecule has 30 heavy (non-hydrogen) atoms. The molecule has 9 heteroatoms. The smallest absolute Gasteiger partial charge is 0.352 e. The van der Waals surface area contributed by atoms with Gasteiger partial charge in [0.2, 0.25) is 0 Å². The zero-order valence-electron chi connectivity index (χ0n) is 15.9. The summed E-state index contributed by atoms with van der Waals surface area (Å²) in [5.74, 6) is -0.832. The molecular formula is C21H18Cl2F3N3O. The lowest BCUT2D eigenvalue weighted by molar-refractivity contribution is -0.137. The Kier molecular flexibility index (Phi) is 8.20. The van der Waals surface area contributed by atoms with Crippen molar-refractivity contribution in [3.05, 3.63) is 81.2 Å². The number of amides is 1. The third-order valence-electron chi connectivity index (χ3n) is 4.12. The molecule has 2 aromatic rings. The molecule has 1 heterocycles. The second kappa shape index (κ2) is 10.4. The lowest BCUT2D eigenvalue weighted by Crippen LogP contribution is -2.27. The Hall–Kier alpha value is -2.64. The minimum absolute atomic E-state index is 0.0327. The maximum atomic E-state index is 13.1. The van der Waals surface area contributed by atoms with E-state index < -0.39 is 23.2 Å². The van der Waals surface area contributed by atoms with Gasteiger partial charge in [-0.2, -0.15) is 13.2 Å². The molecule has 0 atom stereocenters. The van der Waals surface area contributed by atoms with E-state index in [1.54, 1.807) is 24.4 Å². The molecule has 0 spiro atoms. The number of aromatic nitrogens is 1. The fourth-order valence-electron chi connectivity index (χ4n) is 2.56. The summed E-state index contributed by atoms with van der Waals surface area (Å²) in [4.78, 5) is 20.1. The van der Waals surface area contributed by atoms with E-state index in [1.165, 1.54) is 12.1 Å². The van der Waals surface area contributed by atoms with Gasteiger partial charge in [-0.3, -0.25) is 9.79 Å². The third kappa shape index (κ3) is 6.43. The molecule has 0 saturated heterocycles. The van der Waals surface area contributed by atoms with Crippen LogP contribution in [-0.2, 0) is 6.18 Å². The molecule has 0 aliphatic heterocycles. The van der Waals surface area contributed by atoms with E-state index in [9.17, 15) is 18.0 Å². The van der Waals surface area contributed by atoms with E-state index in [1.807, 2.05) is 6.92 Å². The van der Waals surface area contributed by atoms with Crippen LogP contribution in [0.25, 0.3) is 5.57 Å². The molecule has 0 aliphatic carbocycles. The molecule has 0 bridgehead atoms. The molecule has 158 valence electrons. The van der Waals surface area contributed by atoms with Crippen LogP contribution in [-0.4, -0.2) is 24.2 Å². The summed E-state index contributed by atoms with van der Waals surface area (Å²) < 4.78 is 39.2. The third-order valence-corrected chi connectivity index (χ3v) is 4.67. The molecule has 0 unspecified atom stereocenters. The van der Waals surface area contributed by atoms with E-state index in [2.05, 4.69) is 22.0 Å². The first-order valence-electron chi connectivity index (χ1n) is 8.73. The van der Waals surface area contributed by atoms with Crippen molar-refractivity contribution in [2.75, 3.05) is 6.54 Å². The largest absolute Gasteiger partial charge is 0.417 e. The first kappa shape index (κ1) is 23.6. The maximum absolute atomic E-state index is 13.1. The number of alkyl halides is 3. The monoisotopic (exact) mass is 455 g/mol. The summed E-state index contributed by atoms with van der Waals surface area (Å²) in [6.45, 7) is 5.32. The van der Waals surface area contributed by atoms with Crippen molar-refractivity contribution in [3.8, 4) is 0 Å². The van der Waals surface area contributed by atoms with Gasteiger partial charge >= 0.3 is 6.18 Å². The van der Waals surface area contributed by atoms with Crippen LogP contribution in [0.4, 0.5) is 13.2 Å². The summed E-state index contributed by atoms with van der Waals surface area (Å²) in [6, 6.07) is 8.02. The zero-order valence-corrected chi connectivity index (χ0v) is 17.4. The summed E-state index contributed by atoms with van der Waals surface area (Å²) in [7, 11) is 0. The van der Waals surface area contributed by atoms with Crippen LogP contribution < -0.4 is 5.32 Å². The Balaban J connectivity index is 2.08. The Bertz CT molecular complexity index is 984. The number of hydrogen-bond acceptors (Lipinski definition) is 3. The summed E-state index contributed by atoms with van der Waals surface area (Å²) in [5.41, 5.74) is 0.557. The molecular weight excluding hydrogens is 438 g/mol. The highest BCUT2D eigenvalue weighted by atomic mass is 35.5. The number of halogens is 5. The van der Waals surface area contributed by atoms with Crippen LogP contribution in [0.2, 0.25) is 5.15 Å². The Morgan fingerprint density at radius 1 is 1.27 bits per heavy atom. The molecule has 0 radical (unpaired) electrons. The summed E-state index contributed by atoms with van der Waals surface area (Å²) in [6.07, 6.45) is -1.18. The molecule has 1 N–H and O–H groups in total. The lowest BCUT2D eigenvalue weighted by atomic mass is 10.1. The van der Waals surface area contributed by atoms with Crippen LogP contribution in [0.1, 0.15) is 34.8 Å². The molecule has 2 rings (SSSR count). The quantitative estimate of drug-likeness (QED) is 0.310. The van der Waals surface area contributed by atoms with Crippen molar-refractivity contribution in [2.24, 2.45) is 4.99 Å². The number of rotatable bonds is 7. The Morgan fingerprint density at radius 3 is 2.57 bits per heavy atom. The minimum Gasteiger partial charge on any atom is -0.352 e. The van der Waals surface area contributed by atoms with Crippen molar-refractivity contribution in [1.29, 1.82) is 0 Å². The van der Waals surface area contributed by atoms with E-state index >= 15 is 0 Å². The van der Waals surface area contributed by atoms with Crippen molar-refractivity contribution >= 4 is 41.4 Å². The van der Waals surface area contributed by atoms with E-state index in [0.717, 1.165) is 23.3 Å². The number of pyridine rings is 1. The maximum Gasteiger partial charge on any atom is 0.417 e. The van der Waals surface area contributed by atoms with Crippen molar-refractivity contribution in [2.45, 2.75) is 19.5 Å². The highest BCUT2D eigenvalue weighted by Gasteiger charge is 2.34. The van der Waals surface area contributed by atoms with Crippen LogP contribution in [0, 0.1) is 0 Å². The molecule has 1 aromatic heterocycles. The van der Waals surface area contributed by atoms with Crippen LogP contribution >= 0.6 is 23.2 Å². The number of aliphatic imine (C=N–C) groups is 1. The molecule has 1 aromatic carbocycles. The number of nitrogens with one attached hydrogen (secondary N) is 1. The topological polar surface area (TPSA) is 54.4 Å². The van der Waals surface area contributed by atoms with Crippen LogP contribution in [0.15, 0.2) is 64.4 Å². The first-order chi connectivity index (χ1) is 14.1. The highest BCUT2D eigenvalue weighted by Crippen LogP contribution is 2.31. The second-order valence-corrected chi connectivity index (χ2v) is 6.99.